The molecule has 2 aliphatic carbocycles. The summed E-state index contributed by atoms with van der Waals surface area (Å²) >= 11 is 0. The summed E-state index contributed by atoms with van der Waals surface area (Å²) in [5.74, 6) is -2.26. The summed E-state index contributed by atoms with van der Waals surface area (Å²) in [5, 5.41) is 0. The van der Waals surface area contributed by atoms with Gasteiger partial charge in [0.15, 0.2) is 0 Å². The summed E-state index contributed by atoms with van der Waals surface area (Å²) in [6, 6.07) is 0.459. The third-order valence-corrected chi connectivity index (χ3v) is 4.27. The highest BCUT2D eigenvalue weighted by atomic mass is 19.5. The van der Waals surface area contributed by atoms with Gasteiger partial charge in [-0.2, -0.15) is 0 Å². The predicted octanol–water partition coefficient (Wildman–Crippen LogP) is 0.0242. The highest BCUT2D eigenvalue weighted by molar-refractivity contribution is 6.50. The molecule has 2 bridgehead atoms. The Labute approximate surface area is 148 Å². The Kier molecular flexibility index (Phi) is 6.32. The number of carbonyl (C=O) groups excluding carboxylic acids is 2. The Bertz CT molecular complexity index is 628. The number of carbonyl (C=O) groups is 2. The van der Waals surface area contributed by atoms with Crippen LogP contribution in [0.1, 0.15) is 6.42 Å². The van der Waals surface area contributed by atoms with Crippen LogP contribution in [0.3, 0.4) is 0 Å². The highest BCUT2D eigenvalue weighted by Gasteiger charge is 2.65. The van der Waals surface area contributed by atoms with Crippen molar-refractivity contribution in [3.8, 4) is 0 Å². The van der Waals surface area contributed by atoms with Gasteiger partial charge in [0.1, 0.15) is 0 Å². The standard InChI is InChI=1S/C14H22N4O3.BF4/c1-17(2)13(18(3)4)21-14(12(16)20)9-6-5-8(7-9)10(14)11(15)19;2-1(3,4)5/h5-6,8-10H,7H2,1-4H3,(H3-,15,16,19,20);/q;-1/p+1. The molecule has 4 unspecified atom stereocenters. The fourth-order valence-electron chi connectivity index (χ4n) is 3.52. The number of primary amides is 2. The van der Waals surface area contributed by atoms with Crippen molar-refractivity contribution in [2.75, 3.05) is 28.2 Å². The van der Waals surface area contributed by atoms with E-state index >= 15 is 0 Å². The minimum atomic E-state index is -6.00. The zero-order valence-electron chi connectivity index (χ0n) is 15.0. The largest absolute Gasteiger partial charge is 0.673 e. The second kappa shape index (κ2) is 7.54. The quantitative estimate of drug-likeness (QED) is 0.180. The van der Waals surface area contributed by atoms with Crippen LogP contribution < -0.4 is 11.5 Å². The molecule has 0 radical (unpaired) electrons. The molecule has 0 aromatic rings. The van der Waals surface area contributed by atoms with Crippen LogP contribution in [0.4, 0.5) is 17.3 Å². The van der Waals surface area contributed by atoms with Crippen molar-refractivity contribution < 1.29 is 36.2 Å². The lowest BCUT2D eigenvalue weighted by Crippen LogP contribution is -2.60. The molecule has 0 saturated heterocycles. The lowest BCUT2D eigenvalue weighted by molar-refractivity contribution is -0.482. The minimum absolute atomic E-state index is 0.0921. The number of fused-ring (bicyclic) bond motifs is 2. The Morgan fingerprint density at radius 2 is 1.69 bits per heavy atom. The van der Waals surface area contributed by atoms with Crippen molar-refractivity contribution in [2.45, 2.75) is 12.0 Å². The maximum absolute atomic E-state index is 12.2. The number of amidine groups is 1. The van der Waals surface area contributed by atoms with Crippen LogP contribution in [-0.2, 0) is 14.3 Å². The van der Waals surface area contributed by atoms with Crippen LogP contribution in [0, 0.1) is 17.8 Å². The van der Waals surface area contributed by atoms with Crippen LogP contribution in [0.25, 0.3) is 0 Å². The van der Waals surface area contributed by atoms with Gasteiger partial charge in [-0.05, 0) is 12.3 Å². The van der Waals surface area contributed by atoms with Crippen LogP contribution in [0.15, 0.2) is 12.2 Å². The van der Waals surface area contributed by atoms with Gasteiger partial charge in [-0.15, -0.1) is 0 Å². The number of nitrogens with two attached hydrogens (primary N) is 2. The number of halogens is 4. The summed E-state index contributed by atoms with van der Waals surface area (Å²) in [6.45, 7) is 0. The van der Waals surface area contributed by atoms with E-state index in [2.05, 4.69) is 0 Å². The third kappa shape index (κ3) is 4.47. The van der Waals surface area contributed by atoms with E-state index in [4.69, 9.17) is 16.2 Å². The molecule has 2 rings (SSSR count). The normalized spacial score (nSPS) is 28.8. The zero-order valence-corrected chi connectivity index (χ0v) is 15.0. The van der Waals surface area contributed by atoms with Gasteiger partial charge in [-0.1, -0.05) is 12.2 Å². The van der Waals surface area contributed by atoms with E-state index < -0.39 is 30.6 Å². The first-order valence-corrected chi connectivity index (χ1v) is 7.77. The van der Waals surface area contributed by atoms with E-state index in [9.17, 15) is 26.9 Å². The molecule has 4 atom stereocenters. The van der Waals surface area contributed by atoms with Crippen LogP contribution >= 0.6 is 0 Å². The third-order valence-electron chi connectivity index (χ3n) is 4.27. The Balaban J connectivity index is 0.000000597. The lowest BCUT2D eigenvalue weighted by Gasteiger charge is -2.37. The summed E-state index contributed by atoms with van der Waals surface area (Å²) in [5.41, 5.74) is 9.76. The van der Waals surface area contributed by atoms with Gasteiger partial charge in [-0.3, -0.25) is 9.59 Å². The molecule has 26 heavy (non-hydrogen) atoms. The van der Waals surface area contributed by atoms with Gasteiger partial charge in [0.05, 0.1) is 34.1 Å². The first kappa shape index (κ1) is 21.8. The molecule has 2 aliphatic rings. The molecule has 12 heteroatoms. The Hall–Kier alpha value is -2.27. The number of amides is 2. The van der Waals surface area contributed by atoms with E-state index in [1.54, 1.807) is 37.7 Å². The van der Waals surface area contributed by atoms with Gasteiger partial charge < -0.3 is 33.5 Å². The molecule has 0 aliphatic heterocycles. The fraction of sp³-hybridized carbons (Fsp3) is 0.643. The van der Waals surface area contributed by atoms with Crippen molar-refractivity contribution >= 4 is 25.1 Å². The van der Waals surface area contributed by atoms with Gasteiger partial charge in [-0.25, -0.2) is 9.48 Å². The monoisotopic (exact) mass is 382 g/mol. The minimum Gasteiger partial charge on any atom is -0.418 e. The van der Waals surface area contributed by atoms with Gasteiger partial charge in [0.25, 0.3) is 5.91 Å². The van der Waals surface area contributed by atoms with E-state index in [-0.39, 0.29) is 11.8 Å². The first-order valence-electron chi connectivity index (χ1n) is 7.77. The molecule has 0 spiro atoms. The van der Waals surface area contributed by atoms with Crippen LogP contribution in [0.2, 0.25) is 0 Å². The number of rotatable bonds is 3. The second-order valence-electron chi connectivity index (χ2n) is 6.60. The van der Waals surface area contributed by atoms with E-state index in [1.807, 2.05) is 12.2 Å². The highest BCUT2D eigenvalue weighted by Crippen LogP contribution is 2.52. The van der Waals surface area contributed by atoms with Gasteiger partial charge in [0, 0.05) is 5.92 Å². The van der Waals surface area contributed by atoms with Crippen molar-refractivity contribution in [3.63, 3.8) is 0 Å². The fourth-order valence-corrected chi connectivity index (χ4v) is 3.52. The smallest absolute Gasteiger partial charge is 0.418 e. The molecule has 2 amide bonds. The second-order valence-corrected chi connectivity index (χ2v) is 6.60. The van der Waals surface area contributed by atoms with E-state index in [0.717, 1.165) is 0 Å². The van der Waals surface area contributed by atoms with Crippen LogP contribution in [0.5, 0.6) is 0 Å². The maximum Gasteiger partial charge on any atom is 0.673 e. The zero-order chi connectivity index (χ0) is 20.4. The molecule has 1 fully saturated rings. The summed E-state index contributed by atoms with van der Waals surface area (Å²) in [6.07, 6.45) is 4.48. The van der Waals surface area contributed by atoms with E-state index in [0.29, 0.717) is 12.4 Å². The summed E-state index contributed by atoms with van der Waals surface area (Å²) in [7, 11) is 1.19. The molecule has 148 valence electrons. The number of ether oxygens (including phenoxy) is 1. The molecule has 0 heterocycles. The van der Waals surface area contributed by atoms with Crippen molar-refractivity contribution in [1.29, 1.82) is 0 Å². The number of nitrogens with zero attached hydrogens (tertiary/aromatic N) is 2. The molecule has 1 saturated carbocycles. The molecule has 4 N–H and O–H groups in total. The van der Waals surface area contributed by atoms with Crippen molar-refractivity contribution in [1.82, 2.24) is 4.90 Å². The maximum atomic E-state index is 12.2. The molecule has 7 nitrogen and oxygen atoms in total. The van der Waals surface area contributed by atoms with E-state index in [1.165, 1.54) is 0 Å². The number of allylic oxidation sites excluding steroid dienone is 1. The molecular weight excluding hydrogens is 359 g/mol. The molecule has 0 aromatic carbocycles. The summed E-state index contributed by atoms with van der Waals surface area (Å²) < 4.78 is 46.8. The topological polar surface area (TPSA) is 102 Å². The number of hydrogen-bond donors (Lipinski definition) is 2. The van der Waals surface area contributed by atoms with Crippen molar-refractivity contribution in [2.24, 2.45) is 29.2 Å². The number of hydrogen-bond acceptors (Lipinski definition) is 3. The van der Waals surface area contributed by atoms with Crippen molar-refractivity contribution in [3.05, 3.63) is 12.2 Å². The van der Waals surface area contributed by atoms with Crippen LogP contribution in [-0.4, -0.2) is 68.4 Å². The molecule has 0 aromatic heterocycles. The Morgan fingerprint density at radius 3 is 2.04 bits per heavy atom. The predicted molar refractivity (Wildman–Crippen MR) is 87.4 cm³/mol. The van der Waals surface area contributed by atoms with Gasteiger partial charge in [0.2, 0.25) is 11.5 Å². The average Bonchev–Trinajstić information content (AvgIpc) is 3.01. The lowest BCUT2D eigenvalue weighted by atomic mass is 9.77. The van der Waals surface area contributed by atoms with Gasteiger partial charge >= 0.3 is 13.3 Å². The Morgan fingerprint density at radius 1 is 1.19 bits per heavy atom. The summed E-state index contributed by atoms with van der Waals surface area (Å²) in [4.78, 5) is 25.8. The average molecular weight is 382 g/mol. The molecular formula is C14H23BF4N4O3. The first-order chi connectivity index (χ1) is 11.7. The SMILES string of the molecule is CN(C)C(OC1(C(N)=O)C2C=CC(C2)C1C(N)=O)=[N+](C)C.F[B-](F)(F)F.